The first kappa shape index (κ1) is 10.4. The summed E-state index contributed by atoms with van der Waals surface area (Å²) in [4.78, 5) is 2.57. The van der Waals surface area contributed by atoms with Gasteiger partial charge in [-0.2, -0.15) is 0 Å². The summed E-state index contributed by atoms with van der Waals surface area (Å²) >= 11 is 0. The largest absolute Gasteiger partial charge is 0.396 e. The van der Waals surface area contributed by atoms with E-state index in [0.29, 0.717) is 18.6 Å². The molecule has 14 heavy (non-hydrogen) atoms. The van der Waals surface area contributed by atoms with E-state index in [1.807, 2.05) is 0 Å². The average molecular weight is 198 g/mol. The predicted molar refractivity (Wildman–Crippen MR) is 57.2 cm³/mol. The Morgan fingerprint density at radius 2 is 2.21 bits per heavy atom. The molecule has 0 aromatic heterocycles. The van der Waals surface area contributed by atoms with Gasteiger partial charge in [-0.25, -0.2) is 0 Å². The van der Waals surface area contributed by atoms with Gasteiger partial charge < -0.3 is 15.3 Å². The van der Waals surface area contributed by atoms with Gasteiger partial charge in [0.05, 0.1) is 0 Å². The second-order valence-corrected chi connectivity index (χ2v) is 4.94. The molecule has 2 saturated heterocycles. The van der Waals surface area contributed by atoms with Gasteiger partial charge in [0.15, 0.2) is 0 Å². The van der Waals surface area contributed by atoms with Crippen LogP contribution in [0.5, 0.6) is 0 Å². The number of aliphatic hydroxyl groups excluding tert-OH is 1. The molecule has 4 unspecified atom stereocenters. The SMILES string of the molecule is CC(CO)CNC1CCN2CCC1C2. The first-order chi connectivity index (χ1) is 6.79. The van der Waals surface area contributed by atoms with Crippen LogP contribution in [0.2, 0.25) is 0 Å². The van der Waals surface area contributed by atoms with Crippen LogP contribution >= 0.6 is 0 Å². The van der Waals surface area contributed by atoms with Gasteiger partial charge in [0.2, 0.25) is 0 Å². The van der Waals surface area contributed by atoms with Crippen LogP contribution in [0.25, 0.3) is 0 Å². The minimum atomic E-state index is 0.302. The maximum absolute atomic E-state index is 8.95. The lowest BCUT2D eigenvalue weighted by atomic mass is 9.94. The molecular weight excluding hydrogens is 176 g/mol. The summed E-state index contributed by atoms with van der Waals surface area (Å²) in [6.07, 6.45) is 2.66. The van der Waals surface area contributed by atoms with E-state index in [1.165, 1.54) is 32.5 Å². The topological polar surface area (TPSA) is 35.5 Å². The van der Waals surface area contributed by atoms with E-state index in [2.05, 4.69) is 17.1 Å². The number of piperidine rings is 1. The van der Waals surface area contributed by atoms with Crippen LogP contribution in [-0.4, -0.2) is 48.8 Å². The normalized spacial score (nSPS) is 38.6. The molecule has 2 rings (SSSR count). The predicted octanol–water partition coefficient (Wildman–Crippen LogP) is 0.299. The molecule has 3 nitrogen and oxygen atoms in total. The molecule has 2 heterocycles. The third kappa shape index (κ3) is 2.27. The van der Waals surface area contributed by atoms with Crippen LogP contribution in [0.4, 0.5) is 0 Å². The molecule has 0 amide bonds. The summed E-state index contributed by atoms with van der Waals surface area (Å²) in [5, 5.41) is 12.6. The van der Waals surface area contributed by atoms with Crippen molar-refractivity contribution in [1.29, 1.82) is 0 Å². The molecule has 82 valence electrons. The summed E-state index contributed by atoms with van der Waals surface area (Å²) in [5.74, 6) is 1.27. The van der Waals surface area contributed by atoms with Gasteiger partial charge in [0.25, 0.3) is 0 Å². The van der Waals surface area contributed by atoms with E-state index in [4.69, 9.17) is 5.11 Å². The maximum Gasteiger partial charge on any atom is 0.0468 e. The molecule has 0 saturated carbocycles. The van der Waals surface area contributed by atoms with Crippen molar-refractivity contribution < 1.29 is 5.11 Å². The molecule has 2 aliphatic rings. The van der Waals surface area contributed by atoms with Crippen molar-refractivity contribution in [3.05, 3.63) is 0 Å². The van der Waals surface area contributed by atoms with Crippen molar-refractivity contribution in [1.82, 2.24) is 10.2 Å². The number of hydrogen-bond donors (Lipinski definition) is 2. The second kappa shape index (κ2) is 4.60. The number of hydrogen-bond acceptors (Lipinski definition) is 3. The minimum absolute atomic E-state index is 0.302. The number of rotatable bonds is 4. The Hall–Kier alpha value is -0.120. The van der Waals surface area contributed by atoms with Gasteiger partial charge in [0, 0.05) is 25.7 Å². The van der Waals surface area contributed by atoms with E-state index in [-0.39, 0.29) is 0 Å². The zero-order valence-electron chi connectivity index (χ0n) is 9.08. The Morgan fingerprint density at radius 3 is 3.00 bits per heavy atom. The first-order valence-electron chi connectivity index (χ1n) is 5.86. The van der Waals surface area contributed by atoms with Gasteiger partial charge in [-0.15, -0.1) is 0 Å². The van der Waals surface area contributed by atoms with Crippen molar-refractivity contribution >= 4 is 0 Å². The molecule has 4 atom stereocenters. The second-order valence-electron chi connectivity index (χ2n) is 4.94. The highest BCUT2D eigenvalue weighted by atomic mass is 16.3. The molecule has 0 aromatic carbocycles. The van der Waals surface area contributed by atoms with Crippen LogP contribution in [0, 0.1) is 11.8 Å². The lowest BCUT2D eigenvalue weighted by molar-refractivity contribution is 0.196. The fourth-order valence-corrected chi connectivity index (χ4v) is 2.64. The van der Waals surface area contributed by atoms with Gasteiger partial charge in [-0.1, -0.05) is 6.92 Å². The average Bonchev–Trinajstić information content (AvgIpc) is 2.60. The fourth-order valence-electron chi connectivity index (χ4n) is 2.64. The quantitative estimate of drug-likeness (QED) is 0.682. The first-order valence-corrected chi connectivity index (χ1v) is 5.86. The zero-order chi connectivity index (χ0) is 9.97. The minimum Gasteiger partial charge on any atom is -0.396 e. The highest BCUT2D eigenvalue weighted by Crippen LogP contribution is 2.26. The van der Waals surface area contributed by atoms with Gasteiger partial charge in [-0.3, -0.25) is 0 Å². The van der Waals surface area contributed by atoms with Gasteiger partial charge >= 0.3 is 0 Å². The summed E-state index contributed by atoms with van der Waals surface area (Å²) in [6, 6.07) is 0.711. The van der Waals surface area contributed by atoms with Crippen molar-refractivity contribution in [2.45, 2.75) is 25.8 Å². The van der Waals surface area contributed by atoms with Gasteiger partial charge in [-0.05, 0) is 37.8 Å². The Balaban J connectivity index is 1.75. The lowest BCUT2D eigenvalue weighted by Gasteiger charge is -2.31. The van der Waals surface area contributed by atoms with Crippen molar-refractivity contribution in [3.8, 4) is 0 Å². The Bertz CT molecular complexity index is 186. The molecule has 2 N–H and O–H groups in total. The Labute approximate surface area is 86.5 Å². The molecule has 2 bridgehead atoms. The summed E-state index contributed by atoms with van der Waals surface area (Å²) in [7, 11) is 0. The molecule has 0 aromatic rings. The Morgan fingerprint density at radius 1 is 1.43 bits per heavy atom. The van der Waals surface area contributed by atoms with E-state index in [9.17, 15) is 0 Å². The van der Waals surface area contributed by atoms with Crippen LogP contribution in [0.3, 0.4) is 0 Å². The number of nitrogens with zero attached hydrogens (tertiary/aromatic N) is 1. The monoisotopic (exact) mass is 198 g/mol. The molecule has 0 spiro atoms. The van der Waals surface area contributed by atoms with E-state index in [1.54, 1.807) is 0 Å². The van der Waals surface area contributed by atoms with Gasteiger partial charge in [0.1, 0.15) is 0 Å². The third-order valence-electron chi connectivity index (χ3n) is 3.67. The Kier molecular flexibility index (Phi) is 3.42. The van der Waals surface area contributed by atoms with E-state index >= 15 is 0 Å². The fraction of sp³-hybridized carbons (Fsp3) is 1.00. The molecule has 2 aliphatic heterocycles. The molecule has 0 radical (unpaired) electrons. The molecular formula is C11H22N2O. The summed E-state index contributed by atoms with van der Waals surface area (Å²) in [5.41, 5.74) is 0. The maximum atomic E-state index is 8.95. The van der Waals surface area contributed by atoms with Crippen LogP contribution in [-0.2, 0) is 0 Å². The molecule has 2 fully saturated rings. The highest BCUT2D eigenvalue weighted by Gasteiger charge is 2.33. The highest BCUT2D eigenvalue weighted by molar-refractivity contribution is 4.90. The molecule has 0 aliphatic carbocycles. The van der Waals surface area contributed by atoms with Crippen LogP contribution in [0.1, 0.15) is 19.8 Å². The third-order valence-corrected chi connectivity index (χ3v) is 3.67. The van der Waals surface area contributed by atoms with Crippen LogP contribution in [0.15, 0.2) is 0 Å². The van der Waals surface area contributed by atoms with E-state index in [0.717, 1.165) is 12.5 Å². The van der Waals surface area contributed by atoms with Crippen molar-refractivity contribution in [3.63, 3.8) is 0 Å². The number of nitrogens with one attached hydrogen (secondary N) is 1. The summed E-state index contributed by atoms with van der Waals surface area (Å²) < 4.78 is 0. The summed E-state index contributed by atoms with van der Waals surface area (Å²) in [6.45, 7) is 7.23. The molecule has 3 heteroatoms. The van der Waals surface area contributed by atoms with E-state index < -0.39 is 0 Å². The van der Waals surface area contributed by atoms with Crippen molar-refractivity contribution in [2.75, 3.05) is 32.8 Å². The number of aliphatic hydroxyl groups is 1. The van der Waals surface area contributed by atoms with Crippen LogP contribution < -0.4 is 5.32 Å². The zero-order valence-corrected chi connectivity index (χ0v) is 9.08. The lowest BCUT2D eigenvalue weighted by Crippen LogP contribution is -2.45. The number of fused-ring (bicyclic) bond motifs is 2. The van der Waals surface area contributed by atoms with Crippen molar-refractivity contribution in [2.24, 2.45) is 11.8 Å². The standard InChI is InChI=1S/C11H22N2O/c1-9(8-14)6-12-11-3-5-13-4-2-10(11)7-13/h9-12,14H,2-8H2,1H3. The smallest absolute Gasteiger partial charge is 0.0468 e.